The van der Waals surface area contributed by atoms with E-state index in [-0.39, 0.29) is 22.2 Å². The smallest absolute Gasteiger partial charge is 0.250 e. The van der Waals surface area contributed by atoms with Crippen LogP contribution < -0.4 is 5.43 Å². The van der Waals surface area contributed by atoms with Gasteiger partial charge in [-0.25, -0.2) is 9.82 Å². The van der Waals surface area contributed by atoms with E-state index in [1.165, 1.54) is 30.1 Å². The van der Waals surface area contributed by atoms with Gasteiger partial charge in [0.25, 0.3) is 0 Å². The first kappa shape index (κ1) is 19.3. The van der Waals surface area contributed by atoms with E-state index < -0.39 is 5.82 Å². The predicted molar refractivity (Wildman–Crippen MR) is 109 cm³/mol. The molecule has 0 radical (unpaired) electrons. The summed E-state index contributed by atoms with van der Waals surface area (Å²) in [4.78, 5) is 17.6. The summed E-state index contributed by atoms with van der Waals surface area (Å²) < 4.78 is 13.7. The zero-order chi connectivity index (χ0) is 19.4. The highest BCUT2D eigenvalue weighted by atomic mass is 35.5. The minimum absolute atomic E-state index is 0.137. The molecule has 138 valence electrons. The maximum Gasteiger partial charge on any atom is 0.250 e. The van der Waals surface area contributed by atoms with Gasteiger partial charge in [0.15, 0.2) is 0 Å². The van der Waals surface area contributed by atoms with Crippen LogP contribution in [0.1, 0.15) is 16.8 Å². The van der Waals surface area contributed by atoms with Gasteiger partial charge in [0.05, 0.1) is 22.5 Å². The molecule has 7 heteroatoms. The number of halogens is 2. The Balaban J connectivity index is 1.67. The van der Waals surface area contributed by atoms with Crippen molar-refractivity contribution in [3.63, 3.8) is 0 Å². The second-order valence-corrected chi connectivity index (χ2v) is 7.42. The third-order valence-corrected chi connectivity index (χ3v) is 5.18. The second-order valence-electron chi connectivity index (χ2n) is 6.00. The van der Waals surface area contributed by atoms with Crippen LogP contribution in [0.3, 0.4) is 0 Å². The molecule has 0 atom stereocenters. The van der Waals surface area contributed by atoms with E-state index >= 15 is 0 Å². The summed E-state index contributed by atoms with van der Waals surface area (Å²) in [7, 11) is 0. The summed E-state index contributed by atoms with van der Waals surface area (Å²) in [6, 6.07) is 12.4. The topological polar surface area (TPSA) is 54.4 Å². The van der Waals surface area contributed by atoms with Crippen LogP contribution in [0.5, 0.6) is 0 Å². The Kier molecular flexibility index (Phi) is 6.08. The van der Waals surface area contributed by atoms with Crippen molar-refractivity contribution in [2.24, 2.45) is 5.10 Å². The number of carbonyl (C=O) groups excluding carboxylic acids is 1. The summed E-state index contributed by atoms with van der Waals surface area (Å²) in [5.74, 6) is -0.613. The van der Waals surface area contributed by atoms with Crippen molar-refractivity contribution in [3.05, 3.63) is 70.1 Å². The number of hydrazone groups is 1. The normalized spacial score (nSPS) is 11.3. The molecule has 0 unspecified atom stereocenters. The predicted octanol–water partition coefficient (Wildman–Crippen LogP) is 4.89. The third-order valence-electron chi connectivity index (χ3n) is 3.80. The number of pyridine rings is 1. The number of amides is 1. The number of hydrogen-bond donors (Lipinski definition) is 1. The van der Waals surface area contributed by atoms with E-state index in [2.05, 4.69) is 21.6 Å². The molecule has 0 aliphatic heterocycles. The number of rotatable bonds is 5. The Hall–Kier alpha value is -2.44. The number of aryl methyl sites for hydroxylation is 2. The first-order valence-electron chi connectivity index (χ1n) is 8.21. The molecule has 2 aromatic carbocycles. The fraction of sp³-hybridized carbons (Fsp3) is 0.150. The monoisotopic (exact) mass is 401 g/mol. The Labute approximate surface area is 165 Å². The summed E-state index contributed by atoms with van der Waals surface area (Å²) in [6.07, 6.45) is 1.20. The van der Waals surface area contributed by atoms with E-state index in [9.17, 15) is 9.18 Å². The summed E-state index contributed by atoms with van der Waals surface area (Å²) in [5.41, 5.74) is 5.46. The summed E-state index contributed by atoms with van der Waals surface area (Å²) >= 11 is 7.32. The molecular formula is C20H17ClFN3OS. The molecule has 1 heterocycles. The Morgan fingerprint density at radius 2 is 2.11 bits per heavy atom. The number of benzene rings is 2. The quantitative estimate of drug-likeness (QED) is 0.376. The number of carbonyl (C=O) groups is 1. The van der Waals surface area contributed by atoms with Crippen molar-refractivity contribution in [1.82, 2.24) is 10.4 Å². The van der Waals surface area contributed by atoms with Crippen molar-refractivity contribution in [3.8, 4) is 0 Å². The Morgan fingerprint density at radius 3 is 2.89 bits per heavy atom. The lowest BCUT2D eigenvalue weighted by Gasteiger charge is -2.08. The summed E-state index contributed by atoms with van der Waals surface area (Å²) in [6.45, 7) is 3.94. The van der Waals surface area contributed by atoms with Crippen molar-refractivity contribution < 1.29 is 9.18 Å². The summed E-state index contributed by atoms with van der Waals surface area (Å²) in [5, 5.41) is 5.04. The molecule has 4 nitrogen and oxygen atoms in total. The molecule has 0 fully saturated rings. The number of nitrogens with zero attached hydrogens (tertiary/aromatic N) is 2. The molecule has 0 saturated heterocycles. The van der Waals surface area contributed by atoms with Crippen LogP contribution in [0.15, 0.2) is 52.5 Å². The third kappa shape index (κ3) is 4.84. The van der Waals surface area contributed by atoms with Crippen LogP contribution >= 0.6 is 23.4 Å². The first-order chi connectivity index (χ1) is 12.9. The molecule has 1 aromatic heterocycles. The van der Waals surface area contributed by atoms with Gasteiger partial charge >= 0.3 is 0 Å². The molecule has 3 rings (SSSR count). The van der Waals surface area contributed by atoms with Gasteiger partial charge in [0.1, 0.15) is 5.82 Å². The fourth-order valence-corrected chi connectivity index (χ4v) is 3.67. The standard InChI is InChI=1S/C20H17ClFN3OS/c1-12-6-7-18-14(8-12)19(9-13(2)24-18)27-11-20(26)25-23-10-15-16(21)4-3-5-17(15)22/h3-10H,11H2,1-2H3,(H,25,26)/b23-10-. The number of fused-ring (bicyclic) bond motifs is 1. The van der Waals surface area contributed by atoms with Gasteiger partial charge in [-0.15, -0.1) is 11.8 Å². The van der Waals surface area contributed by atoms with E-state index in [4.69, 9.17) is 11.6 Å². The van der Waals surface area contributed by atoms with E-state index in [0.29, 0.717) is 0 Å². The SMILES string of the molecule is Cc1ccc2nc(C)cc(SCC(=O)N/N=C\c3c(F)cccc3Cl)c2c1. The molecular weight excluding hydrogens is 385 g/mol. The molecule has 3 aromatic rings. The van der Waals surface area contributed by atoms with Crippen molar-refractivity contribution >= 4 is 46.4 Å². The van der Waals surface area contributed by atoms with Crippen LogP contribution in [0.2, 0.25) is 5.02 Å². The van der Waals surface area contributed by atoms with Gasteiger partial charge < -0.3 is 0 Å². The highest BCUT2D eigenvalue weighted by molar-refractivity contribution is 8.00. The fourth-order valence-electron chi connectivity index (χ4n) is 2.53. The van der Waals surface area contributed by atoms with Gasteiger partial charge in [0.2, 0.25) is 5.91 Å². The highest BCUT2D eigenvalue weighted by Gasteiger charge is 2.08. The molecule has 0 spiro atoms. The van der Waals surface area contributed by atoms with Crippen molar-refractivity contribution in [2.45, 2.75) is 18.7 Å². The molecule has 0 bridgehead atoms. The number of nitrogens with one attached hydrogen (secondary N) is 1. The Morgan fingerprint density at radius 1 is 1.30 bits per heavy atom. The van der Waals surface area contributed by atoms with Gasteiger partial charge in [-0.3, -0.25) is 9.78 Å². The minimum Gasteiger partial charge on any atom is -0.272 e. The van der Waals surface area contributed by atoms with Crippen LogP contribution in [0.4, 0.5) is 4.39 Å². The lowest BCUT2D eigenvalue weighted by atomic mass is 10.1. The lowest BCUT2D eigenvalue weighted by molar-refractivity contribution is -0.118. The number of thioether (sulfide) groups is 1. The first-order valence-corrected chi connectivity index (χ1v) is 9.57. The van der Waals surface area contributed by atoms with Gasteiger partial charge in [0, 0.05) is 21.5 Å². The van der Waals surface area contributed by atoms with Gasteiger partial charge in [-0.05, 0) is 44.2 Å². The maximum atomic E-state index is 13.7. The zero-order valence-electron chi connectivity index (χ0n) is 14.8. The van der Waals surface area contributed by atoms with Crippen LogP contribution in [-0.4, -0.2) is 22.9 Å². The molecule has 27 heavy (non-hydrogen) atoms. The molecule has 0 aliphatic rings. The molecule has 0 saturated carbocycles. The van der Waals surface area contributed by atoms with Crippen LogP contribution in [-0.2, 0) is 4.79 Å². The maximum absolute atomic E-state index is 13.7. The second kappa shape index (κ2) is 8.50. The van der Waals surface area contributed by atoms with Gasteiger partial charge in [-0.1, -0.05) is 29.3 Å². The van der Waals surface area contributed by atoms with Crippen LogP contribution in [0, 0.1) is 19.7 Å². The van der Waals surface area contributed by atoms with E-state index in [1.54, 1.807) is 6.07 Å². The highest BCUT2D eigenvalue weighted by Crippen LogP contribution is 2.28. The van der Waals surface area contributed by atoms with E-state index in [1.807, 2.05) is 32.0 Å². The number of hydrogen-bond acceptors (Lipinski definition) is 4. The van der Waals surface area contributed by atoms with E-state index in [0.717, 1.165) is 27.1 Å². The number of aromatic nitrogens is 1. The lowest BCUT2D eigenvalue weighted by Crippen LogP contribution is -2.19. The average Bonchev–Trinajstić information content (AvgIpc) is 2.62. The molecule has 1 amide bonds. The molecule has 0 aliphatic carbocycles. The zero-order valence-corrected chi connectivity index (χ0v) is 16.4. The average molecular weight is 402 g/mol. The molecule has 1 N–H and O–H groups in total. The van der Waals surface area contributed by atoms with Crippen molar-refractivity contribution in [2.75, 3.05) is 5.75 Å². The van der Waals surface area contributed by atoms with Crippen molar-refractivity contribution in [1.29, 1.82) is 0 Å². The minimum atomic E-state index is -0.496. The van der Waals surface area contributed by atoms with Crippen LogP contribution in [0.25, 0.3) is 10.9 Å². The largest absolute Gasteiger partial charge is 0.272 e. The Bertz CT molecular complexity index is 1020. The van der Waals surface area contributed by atoms with Gasteiger partial charge in [-0.2, -0.15) is 5.10 Å².